The van der Waals surface area contributed by atoms with Crippen molar-refractivity contribution >= 4 is 5.71 Å². The Hall–Kier alpha value is -2.81. The molecule has 34 heavy (non-hydrogen) atoms. The van der Waals surface area contributed by atoms with Gasteiger partial charge in [-0.15, -0.1) is 0 Å². The van der Waals surface area contributed by atoms with Gasteiger partial charge in [-0.05, 0) is 41.8 Å². The molecule has 2 aromatic carbocycles. The molecule has 0 radical (unpaired) electrons. The van der Waals surface area contributed by atoms with Gasteiger partial charge in [0.1, 0.15) is 11.9 Å². The second-order valence-corrected chi connectivity index (χ2v) is 9.17. The van der Waals surface area contributed by atoms with Crippen LogP contribution >= 0.6 is 0 Å². The molecule has 2 unspecified atom stereocenters. The third-order valence-corrected chi connectivity index (χ3v) is 5.67. The maximum absolute atomic E-state index is 10.6. The lowest BCUT2D eigenvalue weighted by Gasteiger charge is -2.27. The molecule has 0 amide bonds. The molecule has 0 bridgehead atoms. The molecule has 2 aliphatic rings. The summed E-state index contributed by atoms with van der Waals surface area (Å²) < 4.78 is 21.9. The molecular formula is C26H34N2O6. The molecule has 0 fully saturated rings. The molecule has 0 saturated carbocycles. The Kier molecular flexibility index (Phi) is 8.26. The topological polar surface area (TPSA) is 82.0 Å². The maximum atomic E-state index is 10.6. The van der Waals surface area contributed by atoms with Crippen molar-refractivity contribution in [2.24, 2.45) is 11.1 Å². The standard InChI is InChI=1S/C26H34N2O6/c1-18(2)15-31-16-21(29)13-28(12-19-5-4-6-22(9-19)30-3)14-23-11-24(27-34-23)20-7-8-25-26(10-20)33-17-32-25/h4-10,18,21,23,29H,11-17H2,1-3H3. The SMILES string of the molecule is COc1cccc(CN(CC(O)COCC(C)C)CC2CC(c3ccc4c(c3)OCO4)=NO2)c1. The summed E-state index contributed by atoms with van der Waals surface area (Å²) in [5.74, 6) is 2.72. The van der Waals surface area contributed by atoms with E-state index in [-0.39, 0.29) is 12.9 Å². The van der Waals surface area contributed by atoms with Crippen molar-refractivity contribution in [2.75, 3.05) is 40.2 Å². The highest BCUT2D eigenvalue weighted by atomic mass is 16.7. The monoisotopic (exact) mass is 470 g/mol. The van der Waals surface area contributed by atoms with E-state index in [1.165, 1.54) is 0 Å². The minimum Gasteiger partial charge on any atom is -0.497 e. The zero-order valence-electron chi connectivity index (χ0n) is 20.1. The molecule has 0 aliphatic carbocycles. The van der Waals surface area contributed by atoms with Gasteiger partial charge in [0.25, 0.3) is 0 Å². The number of hydrogen-bond acceptors (Lipinski definition) is 8. The molecule has 184 valence electrons. The fraction of sp³-hybridized carbons (Fsp3) is 0.500. The van der Waals surface area contributed by atoms with Gasteiger partial charge in [0, 0.05) is 38.2 Å². The van der Waals surface area contributed by atoms with Gasteiger partial charge in [0.15, 0.2) is 11.5 Å². The minimum atomic E-state index is -0.597. The first-order valence-electron chi connectivity index (χ1n) is 11.7. The smallest absolute Gasteiger partial charge is 0.231 e. The molecule has 0 saturated heterocycles. The van der Waals surface area contributed by atoms with E-state index in [1.807, 2.05) is 36.4 Å². The van der Waals surface area contributed by atoms with Crippen LogP contribution in [-0.4, -0.2) is 68.1 Å². The predicted octanol–water partition coefficient (Wildman–Crippen LogP) is 3.45. The van der Waals surface area contributed by atoms with Crippen molar-refractivity contribution in [3.05, 3.63) is 53.6 Å². The average molecular weight is 471 g/mol. The van der Waals surface area contributed by atoms with Crippen LogP contribution in [0.5, 0.6) is 17.2 Å². The van der Waals surface area contributed by atoms with Crippen molar-refractivity contribution in [3.8, 4) is 17.2 Å². The Morgan fingerprint density at radius 3 is 2.79 bits per heavy atom. The zero-order chi connectivity index (χ0) is 23.9. The van der Waals surface area contributed by atoms with Crippen LogP contribution in [0, 0.1) is 5.92 Å². The number of aliphatic hydroxyl groups is 1. The lowest BCUT2D eigenvalue weighted by atomic mass is 10.0. The summed E-state index contributed by atoms with van der Waals surface area (Å²) in [5.41, 5.74) is 2.95. The van der Waals surface area contributed by atoms with Gasteiger partial charge < -0.3 is 28.9 Å². The number of ether oxygens (including phenoxy) is 4. The van der Waals surface area contributed by atoms with Crippen molar-refractivity contribution in [2.45, 2.75) is 39.0 Å². The van der Waals surface area contributed by atoms with E-state index in [4.69, 9.17) is 23.8 Å². The third kappa shape index (κ3) is 6.62. The van der Waals surface area contributed by atoms with Crippen LogP contribution in [0.4, 0.5) is 0 Å². The van der Waals surface area contributed by atoms with Crippen LogP contribution in [0.2, 0.25) is 0 Å². The van der Waals surface area contributed by atoms with Gasteiger partial charge in [0.05, 0.1) is 25.5 Å². The number of rotatable bonds is 12. The number of hydrogen-bond donors (Lipinski definition) is 1. The largest absolute Gasteiger partial charge is 0.497 e. The first-order chi connectivity index (χ1) is 16.5. The summed E-state index contributed by atoms with van der Waals surface area (Å²) >= 11 is 0. The highest BCUT2D eigenvalue weighted by Crippen LogP contribution is 2.33. The lowest BCUT2D eigenvalue weighted by molar-refractivity contribution is -0.00735. The first-order valence-corrected chi connectivity index (χ1v) is 11.7. The summed E-state index contributed by atoms with van der Waals surface area (Å²) in [7, 11) is 1.66. The average Bonchev–Trinajstić information content (AvgIpc) is 3.47. The Morgan fingerprint density at radius 2 is 1.97 bits per heavy atom. The fourth-order valence-electron chi connectivity index (χ4n) is 4.08. The Morgan fingerprint density at radius 1 is 1.12 bits per heavy atom. The summed E-state index contributed by atoms with van der Waals surface area (Å²) in [6, 6.07) is 13.8. The quantitative estimate of drug-likeness (QED) is 0.509. The van der Waals surface area contributed by atoms with Gasteiger partial charge >= 0.3 is 0 Å². The highest BCUT2D eigenvalue weighted by molar-refractivity contribution is 6.01. The van der Waals surface area contributed by atoms with Gasteiger partial charge in [-0.3, -0.25) is 4.90 Å². The van der Waals surface area contributed by atoms with Gasteiger partial charge in [-0.25, -0.2) is 0 Å². The van der Waals surface area contributed by atoms with Crippen LogP contribution in [-0.2, 0) is 16.1 Å². The summed E-state index contributed by atoms with van der Waals surface area (Å²) in [6.45, 7) is 7.10. The number of aliphatic hydroxyl groups excluding tert-OH is 1. The van der Waals surface area contributed by atoms with Crippen LogP contribution in [0.3, 0.4) is 0 Å². The van der Waals surface area contributed by atoms with E-state index in [0.717, 1.165) is 34.1 Å². The van der Waals surface area contributed by atoms with E-state index in [2.05, 4.69) is 30.0 Å². The van der Waals surface area contributed by atoms with Crippen LogP contribution in [0.25, 0.3) is 0 Å². The number of methoxy groups -OCH3 is 1. The molecule has 2 aliphatic heterocycles. The second-order valence-electron chi connectivity index (χ2n) is 9.17. The number of oxime groups is 1. The minimum absolute atomic E-state index is 0.116. The number of fused-ring (bicyclic) bond motifs is 1. The van der Waals surface area contributed by atoms with Gasteiger partial charge in [0.2, 0.25) is 6.79 Å². The first kappa shape index (κ1) is 24.3. The summed E-state index contributed by atoms with van der Waals surface area (Å²) in [5, 5.41) is 15.0. The van der Waals surface area contributed by atoms with Gasteiger partial charge in [-0.2, -0.15) is 0 Å². The molecule has 0 aromatic heterocycles. The molecule has 0 spiro atoms. The van der Waals surface area contributed by atoms with Crippen LogP contribution < -0.4 is 14.2 Å². The predicted molar refractivity (Wildman–Crippen MR) is 129 cm³/mol. The molecule has 4 rings (SSSR count). The normalized spacial score (nSPS) is 17.7. The van der Waals surface area contributed by atoms with E-state index in [9.17, 15) is 5.11 Å². The number of nitrogens with zero attached hydrogens (tertiary/aromatic N) is 2. The zero-order valence-corrected chi connectivity index (χ0v) is 20.1. The third-order valence-electron chi connectivity index (χ3n) is 5.67. The van der Waals surface area contributed by atoms with Crippen LogP contribution in [0.1, 0.15) is 31.4 Å². The summed E-state index contributed by atoms with van der Waals surface area (Å²) in [6.07, 6.45) is -0.0383. The van der Waals surface area contributed by atoms with E-state index < -0.39 is 6.10 Å². The lowest BCUT2D eigenvalue weighted by Crippen LogP contribution is -2.39. The summed E-state index contributed by atoms with van der Waals surface area (Å²) in [4.78, 5) is 7.96. The Balaban J connectivity index is 1.38. The van der Waals surface area contributed by atoms with E-state index >= 15 is 0 Å². The molecule has 2 aromatic rings. The van der Waals surface area contributed by atoms with E-state index in [0.29, 0.717) is 45.2 Å². The van der Waals surface area contributed by atoms with Crippen molar-refractivity contribution in [1.82, 2.24) is 4.90 Å². The van der Waals surface area contributed by atoms with Crippen molar-refractivity contribution < 1.29 is 28.9 Å². The Labute approximate surface area is 201 Å². The highest BCUT2D eigenvalue weighted by Gasteiger charge is 2.27. The molecule has 8 nitrogen and oxygen atoms in total. The Bertz CT molecular complexity index is 980. The molecule has 2 heterocycles. The maximum Gasteiger partial charge on any atom is 0.231 e. The van der Waals surface area contributed by atoms with Gasteiger partial charge in [-0.1, -0.05) is 31.1 Å². The molecule has 2 atom stereocenters. The second kappa shape index (κ2) is 11.6. The molecule has 1 N–H and O–H groups in total. The van der Waals surface area contributed by atoms with Crippen molar-refractivity contribution in [1.29, 1.82) is 0 Å². The molecular weight excluding hydrogens is 436 g/mol. The van der Waals surface area contributed by atoms with E-state index in [1.54, 1.807) is 7.11 Å². The van der Waals surface area contributed by atoms with Crippen LogP contribution in [0.15, 0.2) is 47.6 Å². The van der Waals surface area contributed by atoms with Crippen molar-refractivity contribution in [3.63, 3.8) is 0 Å². The number of benzene rings is 2. The molecule has 8 heteroatoms. The fourth-order valence-corrected chi connectivity index (χ4v) is 4.08.